The number of hydrogen-bond donors (Lipinski definition) is 0. The van der Waals surface area contributed by atoms with Crippen LogP contribution in [0.1, 0.15) is 52.9 Å². The van der Waals surface area contributed by atoms with E-state index in [0.717, 1.165) is 59.0 Å². The molecule has 30 heavy (non-hydrogen) atoms. The van der Waals surface area contributed by atoms with E-state index in [1.54, 1.807) is 0 Å². The topological polar surface area (TPSA) is 72.1 Å². The molecule has 1 atom stereocenters. The van der Waals surface area contributed by atoms with Crippen molar-refractivity contribution in [2.75, 3.05) is 13.1 Å². The minimum atomic E-state index is 0.122. The van der Waals surface area contributed by atoms with Gasteiger partial charge in [-0.05, 0) is 46.1 Å². The molecule has 0 bridgehead atoms. The monoisotopic (exact) mass is 404 g/mol. The summed E-state index contributed by atoms with van der Waals surface area (Å²) in [5.41, 5.74) is 6.14. The number of amides is 1. The second-order valence-electron chi connectivity index (χ2n) is 8.24. The molecule has 0 aliphatic carbocycles. The maximum absolute atomic E-state index is 13.0. The first-order valence-electron chi connectivity index (χ1n) is 10.5. The van der Waals surface area contributed by atoms with Crippen molar-refractivity contribution in [2.45, 2.75) is 52.9 Å². The summed E-state index contributed by atoms with van der Waals surface area (Å²) in [6.07, 6.45) is 4.25. The Morgan fingerprint density at radius 3 is 2.80 bits per heavy atom. The molecule has 6 heteroatoms. The summed E-state index contributed by atoms with van der Waals surface area (Å²) in [5, 5.41) is 3.98. The summed E-state index contributed by atoms with van der Waals surface area (Å²) in [6, 6.07) is 8.43. The summed E-state index contributed by atoms with van der Waals surface area (Å²) >= 11 is 0. The van der Waals surface area contributed by atoms with Crippen LogP contribution in [-0.2, 0) is 11.2 Å². The highest BCUT2D eigenvalue weighted by atomic mass is 16.5. The molecule has 6 nitrogen and oxygen atoms in total. The highest BCUT2D eigenvalue weighted by Crippen LogP contribution is 2.33. The van der Waals surface area contributed by atoms with Gasteiger partial charge in [0.05, 0.1) is 17.8 Å². The van der Waals surface area contributed by atoms with E-state index in [1.807, 2.05) is 31.9 Å². The smallest absolute Gasteiger partial charge is 0.227 e. The third kappa shape index (κ3) is 4.13. The molecule has 0 N–H and O–H groups in total. The van der Waals surface area contributed by atoms with Gasteiger partial charge in [-0.3, -0.25) is 4.79 Å². The summed E-state index contributed by atoms with van der Waals surface area (Å²) in [5.74, 6) is 1.81. The lowest BCUT2D eigenvalue weighted by Gasteiger charge is -2.33. The molecule has 1 fully saturated rings. The van der Waals surface area contributed by atoms with Gasteiger partial charge in [0.15, 0.2) is 0 Å². The Bertz CT molecular complexity index is 1050. The maximum Gasteiger partial charge on any atom is 0.227 e. The van der Waals surface area contributed by atoms with Crippen LogP contribution < -0.4 is 0 Å². The van der Waals surface area contributed by atoms with Crippen molar-refractivity contribution in [1.29, 1.82) is 0 Å². The summed E-state index contributed by atoms with van der Waals surface area (Å²) < 4.78 is 5.22. The van der Waals surface area contributed by atoms with Crippen LogP contribution in [0.25, 0.3) is 11.1 Å². The van der Waals surface area contributed by atoms with Gasteiger partial charge in [-0.2, -0.15) is 0 Å². The average molecular weight is 405 g/mol. The molecule has 4 rings (SSSR count). The van der Waals surface area contributed by atoms with Crippen molar-refractivity contribution in [1.82, 2.24) is 20.0 Å². The first-order valence-corrected chi connectivity index (χ1v) is 10.5. The lowest BCUT2D eigenvalue weighted by atomic mass is 9.89. The molecule has 0 radical (unpaired) electrons. The minimum absolute atomic E-state index is 0.122. The van der Waals surface area contributed by atoms with Crippen molar-refractivity contribution >= 4 is 5.91 Å². The van der Waals surface area contributed by atoms with E-state index in [0.29, 0.717) is 13.0 Å². The van der Waals surface area contributed by atoms with Crippen molar-refractivity contribution in [3.8, 4) is 11.1 Å². The first-order chi connectivity index (χ1) is 14.4. The van der Waals surface area contributed by atoms with Gasteiger partial charge >= 0.3 is 0 Å². The van der Waals surface area contributed by atoms with Crippen LogP contribution in [0, 0.1) is 27.7 Å². The lowest BCUT2D eigenvalue weighted by molar-refractivity contribution is -0.131. The van der Waals surface area contributed by atoms with Crippen molar-refractivity contribution in [2.24, 2.45) is 0 Å². The number of carbonyl (C=O) groups excluding carboxylic acids is 1. The molecule has 0 saturated carbocycles. The molecule has 0 spiro atoms. The quantitative estimate of drug-likeness (QED) is 0.648. The van der Waals surface area contributed by atoms with Gasteiger partial charge in [-0.25, -0.2) is 9.97 Å². The molecular formula is C24H28N4O2. The fourth-order valence-electron chi connectivity index (χ4n) is 4.28. The highest BCUT2D eigenvalue weighted by molar-refractivity contribution is 5.79. The van der Waals surface area contributed by atoms with Gasteiger partial charge in [-0.1, -0.05) is 35.0 Å². The second-order valence-corrected chi connectivity index (χ2v) is 8.24. The van der Waals surface area contributed by atoms with Crippen LogP contribution in [0.15, 0.2) is 35.0 Å². The number of rotatable bonds is 4. The Morgan fingerprint density at radius 2 is 2.07 bits per heavy atom. The average Bonchev–Trinajstić information content (AvgIpc) is 3.06. The lowest BCUT2D eigenvalue weighted by Crippen LogP contribution is -2.40. The zero-order valence-electron chi connectivity index (χ0n) is 18.1. The summed E-state index contributed by atoms with van der Waals surface area (Å²) in [7, 11) is 0. The second kappa shape index (κ2) is 8.38. The van der Waals surface area contributed by atoms with Gasteiger partial charge in [0.2, 0.25) is 5.91 Å². The standard InChI is InChI=1S/C24H28N4O2/c1-15-7-5-8-19(11-15)22-13-25-18(4)26-24(22)20-9-6-10-28(14-20)23(29)12-21-16(2)27-30-17(21)3/h5,7-8,11,13,20H,6,9-10,12,14H2,1-4H3. The Labute approximate surface area is 177 Å². The minimum Gasteiger partial charge on any atom is -0.361 e. The number of hydrogen-bond acceptors (Lipinski definition) is 5. The number of aryl methyl sites for hydroxylation is 4. The van der Waals surface area contributed by atoms with Crippen LogP contribution in [0.5, 0.6) is 0 Å². The van der Waals surface area contributed by atoms with Crippen LogP contribution in [0.2, 0.25) is 0 Å². The van der Waals surface area contributed by atoms with E-state index in [9.17, 15) is 4.79 Å². The van der Waals surface area contributed by atoms with Gasteiger partial charge < -0.3 is 9.42 Å². The predicted molar refractivity (Wildman–Crippen MR) is 115 cm³/mol. The van der Waals surface area contributed by atoms with E-state index < -0.39 is 0 Å². The van der Waals surface area contributed by atoms with E-state index in [-0.39, 0.29) is 11.8 Å². The third-order valence-corrected chi connectivity index (χ3v) is 5.94. The van der Waals surface area contributed by atoms with Crippen LogP contribution in [0.4, 0.5) is 0 Å². The number of piperidine rings is 1. The van der Waals surface area contributed by atoms with Crippen molar-refractivity contribution in [3.05, 3.63) is 64.6 Å². The number of aromatic nitrogens is 3. The normalized spacial score (nSPS) is 16.7. The Balaban J connectivity index is 1.59. The molecule has 1 amide bonds. The van der Waals surface area contributed by atoms with E-state index >= 15 is 0 Å². The SMILES string of the molecule is Cc1cccc(-c2cnc(C)nc2C2CCCN(C(=O)Cc3c(C)noc3C)C2)c1. The molecule has 1 aliphatic heterocycles. The molecule has 1 aromatic carbocycles. The van der Waals surface area contributed by atoms with E-state index in [1.165, 1.54) is 5.56 Å². The molecule has 156 valence electrons. The van der Waals surface area contributed by atoms with E-state index in [4.69, 9.17) is 9.51 Å². The maximum atomic E-state index is 13.0. The van der Waals surface area contributed by atoms with Gasteiger partial charge in [0, 0.05) is 36.3 Å². The van der Waals surface area contributed by atoms with Crippen molar-refractivity contribution < 1.29 is 9.32 Å². The summed E-state index contributed by atoms with van der Waals surface area (Å²) in [4.78, 5) is 24.3. The number of nitrogens with zero attached hydrogens (tertiary/aromatic N) is 4. The largest absolute Gasteiger partial charge is 0.361 e. The fraction of sp³-hybridized carbons (Fsp3) is 0.417. The number of benzene rings is 1. The fourth-order valence-corrected chi connectivity index (χ4v) is 4.28. The van der Waals surface area contributed by atoms with Crippen LogP contribution in [0.3, 0.4) is 0 Å². The number of likely N-dealkylation sites (tertiary alicyclic amines) is 1. The molecule has 1 unspecified atom stereocenters. The van der Waals surface area contributed by atoms with Crippen LogP contribution in [-0.4, -0.2) is 39.0 Å². The summed E-state index contributed by atoms with van der Waals surface area (Å²) in [6.45, 7) is 9.22. The molecule has 1 saturated heterocycles. The molecular weight excluding hydrogens is 376 g/mol. The zero-order valence-corrected chi connectivity index (χ0v) is 18.1. The zero-order chi connectivity index (χ0) is 21.3. The molecule has 2 aromatic heterocycles. The third-order valence-electron chi connectivity index (χ3n) is 5.94. The molecule has 1 aliphatic rings. The van der Waals surface area contributed by atoms with Crippen molar-refractivity contribution in [3.63, 3.8) is 0 Å². The first kappa shape index (κ1) is 20.3. The van der Waals surface area contributed by atoms with E-state index in [2.05, 4.69) is 41.3 Å². The van der Waals surface area contributed by atoms with Crippen LogP contribution >= 0.6 is 0 Å². The Morgan fingerprint density at radius 1 is 1.23 bits per heavy atom. The Hall–Kier alpha value is -3.02. The van der Waals surface area contributed by atoms with Gasteiger partial charge in [-0.15, -0.1) is 0 Å². The predicted octanol–water partition coefficient (Wildman–Crippen LogP) is 4.31. The van der Waals surface area contributed by atoms with Gasteiger partial charge in [0.1, 0.15) is 11.6 Å². The number of carbonyl (C=O) groups is 1. The molecule has 3 heterocycles. The van der Waals surface area contributed by atoms with Gasteiger partial charge in [0.25, 0.3) is 0 Å². The highest BCUT2D eigenvalue weighted by Gasteiger charge is 2.29. The Kier molecular flexibility index (Phi) is 5.66. The molecule has 3 aromatic rings.